The Bertz CT molecular complexity index is 103. The van der Waals surface area contributed by atoms with Gasteiger partial charge in [0.2, 0.25) is 0 Å². The van der Waals surface area contributed by atoms with Crippen molar-refractivity contribution < 1.29 is 27.0 Å². The quantitative estimate of drug-likeness (QED) is 0.356. The van der Waals surface area contributed by atoms with Crippen LogP contribution in [0.5, 0.6) is 0 Å². The van der Waals surface area contributed by atoms with Crippen LogP contribution in [0.1, 0.15) is 13.8 Å². The molecule has 1 radical (unpaired) electrons. The molecule has 3 heteroatoms. The minimum absolute atomic E-state index is 0. The molecule has 0 saturated carbocycles. The van der Waals surface area contributed by atoms with Crippen molar-refractivity contribution in [3.05, 3.63) is 11.8 Å². The Hall–Kier alpha value is -0.271. The first-order chi connectivity index (χ1) is 3.13. The van der Waals surface area contributed by atoms with Gasteiger partial charge in [0.1, 0.15) is 0 Å². The van der Waals surface area contributed by atoms with E-state index in [4.69, 9.17) is 5.11 Å². The Balaban J connectivity index is 0. The van der Waals surface area contributed by atoms with Crippen molar-refractivity contribution >= 4 is 5.78 Å². The van der Waals surface area contributed by atoms with E-state index >= 15 is 0 Å². The molecule has 0 bridgehead atoms. The van der Waals surface area contributed by atoms with E-state index in [1.165, 1.54) is 19.9 Å². The third kappa shape index (κ3) is 9.21. The summed E-state index contributed by atoms with van der Waals surface area (Å²) in [5, 5.41) is 8.36. The van der Waals surface area contributed by atoms with Crippen molar-refractivity contribution in [1.29, 1.82) is 0 Å². The minimum Gasteiger partial charge on any atom is -0.512 e. The molecule has 0 aliphatic rings. The maximum atomic E-state index is 10.0. The van der Waals surface area contributed by atoms with Gasteiger partial charge in [-0.15, -0.1) is 0 Å². The van der Waals surface area contributed by atoms with Crippen LogP contribution in [0.3, 0.4) is 0 Å². The van der Waals surface area contributed by atoms with Crippen molar-refractivity contribution in [3.8, 4) is 0 Å². The number of carbonyl (C=O) groups excluding carboxylic acids is 1. The number of allylic oxidation sites excluding steroid dienone is 2. The van der Waals surface area contributed by atoms with Gasteiger partial charge in [-0.1, -0.05) is 0 Å². The molecule has 0 aliphatic carbocycles. The zero-order valence-electron chi connectivity index (χ0n) is 4.73. The maximum Gasteiger partial charge on any atom is 0.155 e. The molecule has 0 aliphatic heterocycles. The second-order valence-corrected chi connectivity index (χ2v) is 1.40. The zero-order chi connectivity index (χ0) is 5.86. The van der Waals surface area contributed by atoms with E-state index in [1.54, 1.807) is 0 Å². The first kappa shape index (κ1) is 10.7. The fourth-order valence-corrected chi connectivity index (χ4v) is 0.294. The largest absolute Gasteiger partial charge is 0.512 e. The van der Waals surface area contributed by atoms with Gasteiger partial charge >= 0.3 is 0 Å². The van der Waals surface area contributed by atoms with Crippen molar-refractivity contribution in [1.82, 2.24) is 0 Å². The maximum absolute atomic E-state index is 10.0. The van der Waals surface area contributed by atoms with Crippen molar-refractivity contribution in [2.75, 3.05) is 0 Å². The molecule has 8 heavy (non-hydrogen) atoms. The standard InChI is InChI=1S/C5H8O2.Cu/c1-4(6)3-5(2)7;/h3,6H,1-2H3;/b4-3-;. The van der Waals surface area contributed by atoms with Gasteiger partial charge in [0.15, 0.2) is 5.78 Å². The summed E-state index contributed by atoms with van der Waals surface area (Å²) in [6.07, 6.45) is 1.17. The number of ketones is 1. The molecule has 0 aromatic rings. The van der Waals surface area contributed by atoms with Crippen LogP contribution in [-0.2, 0) is 21.9 Å². The van der Waals surface area contributed by atoms with E-state index in [0.717, 1.165) is 0 Å². The first-order valence-electron chi connectivity index (χ1n) is 2.01. The van der Waals surface area contributed by atoms with Crippen molar-refractivity contribution in [3.63, 3.8) is 0 Å². The van der Waals surface area contributed by atoms with E-state index < -0.39 is 0 Å². The number of hydrogen-bond acceptors (Lipinski definition) is 2. The molecule has 0 aromatic heterocycles. The summed E-state index contributed by atoms with van der Waals surface area (Å²) in [7, 11) is 0. The summed E-state index contributed by atoms with van der Waals surface area (Å²) in [5.74, 6) is -0.0625. The Morgan fingerprint density at radius 2 is 1.88 bits per heavy atom. The molecular formula is C5H8CuO2. The number of aliphatic hydroxyl groups is 1. The monoisotopic (exact) mass is 163 g/mol. The Kier molecular flexibility index (Phi) is 6.50. The minimum atomic E-state index is -0.125. The summed E-state index contributed by atoms with van der Waals surface area (Å²) in [6, 6.07) is 0. The van der Waals surface area contributed by atoms with Crippen molar-refractivity contribution in [2.45, 2.75) is 13.8 Å². The van der Waals surface area contributed by atoms with Crippen LogP contribution in [0.2, 0.25) is 0 Å². The van der Waals surface area contributed by atoms with Gasteiger partial charge in [0.05, 0.1) is 5.76 Å². The van der Waals surface area contributed by atoms with Gasteiger partial charge in [-0.25, -0.2) is 0 Å². The third-order valence-electron chi connectivity index (χ3n) is 0.412. The van der Waals surface area contributed by atoms with Crippen LogP contribution in [0.25, 0.3) is 0 Å². The Morgan fingerprint density at radius 1 is 1.50 bits per heavy atom. The molecule has 0 aromatic carbocycles. The predicted molar refractivity (Wildman–Crippen MR) is 27.1 cm³/mol. The first-order valence-corrected chi connectivity index (χ1v) is 2.01. The Morgan fingerprint density at radius 3 is 1.88 bits per heavy atom. The average molecular weight is 164 g/mol. The third-order valence-corrected chi connectivity index (χ3v) is 0.412. The number of rotatable bonds is 1. The fraction of sp³-hybridized carbons (Fsp3) is 0.400. The fourth-order valence-electron chi connectivity index (χ4n) is 0.294. The smallest absolute Gasteiger partial charge is 0.155 e. The molecule has 0 fully saturated rings. The predicted octanol–water partition coefficient (Wildman–Crippen LogP) is 1.03. The summed E-state index contributed by atoms with van der Waals surface area (Å²) in [5.41, 5.74) is 0. The van der Waals surface area contributed by atoms with E-state index in [-0.39, 0.29) is 28.6 Å². The molecule has 0 saturated heterocycles. The summed E-state index contributed by atoms with van der Waals surface area (Å²) in [4.78, 5) is 10.0. The van der Waals surface area contributed by atoms with Gasteiger partial charge in [-0.3, -0.25) is 4.79 Å². The zero-order valence-corrected chi connectivity index (χ0v) is 5.68. The summed E-state index contributed by atoms with van der Waals surface area (Å²) >= 11 is 0. The molecular weight excluding hydrogens is 156 g/mol. The Labute approximate surface area is 59.1 Å². The van der Waals surface area contributed by atoms with Gasteiger partial charge in [-0.05, 0) is 13.8 Å². The van der Waals surface area contributed by atoms with Gasteiger partial charge in [-0.2, -0.15) is 0 Å². The molecule has 0 spiro atoms. The molecule has 51 valence electrons. The van der Waals surface area contributed by atoms with Crippen LogP contribution in [0, 0.1) is 0 Å². The van der Waals surface area contributed by atoms with Gasteiger partial charge < -0.3 is 5.11 Å². The van der Waals surface area contributed by atoms with E-state index in [0.29, 0.717) is 0 Å². The summed E-state index contributed by atoms with van der Waals surface area (Å²) in [6.45, 7) is 2.85. The number of carbonyl (C=O) groups is 1. The molecule has 1 N–H and O–H groups in total. The SMILES string of the molecule is CC(=O)/C=C(/C)O.[Cu]. The molecule has 2 nitrogen and oxygen atoms in total. The number of hydrogen-bond donors (Lipinski definition) is 1. The van der Waals surface area contributed by atoms with Gasteiger partial charge in [0, 0.05) is 23.1 Å². The second-order valence-electron chi connectivity index (χ2n) is 1.40. The summed E-state index contributed by atoms with van der Waals surface area (Å²) < 4.78 is 0. The van der Waals surface area contributed by atoms with Crippen LogP contribution < -0.4 is 0 Å². The van der Waals surface area contributed by atoms with Crippen LogP contribution >= 0.6 is 0 Å². The normalized spacial score (nSPS) is 10.0. The molecule has 0 amide bonds. The molecule has 0 atom stereocenters. The average Bonchev–Trinajstić information content (AvgIpc) is 1.27. The van der Waals surface area contributed by atoms with E-state index in [2.05, 4.69) is 0 Å². The molecule has 0 heterocycles. The van der Waals surface area contributed by atoms with Crippen LogP contribution in [-0.4, -0.2) is 10.9 Å². The van der Waals surface area contributed by atoms with Crippen LogP contribution in [0.4, 0.5) is 0 Å². The topological polar surface area (TPSA) is 37.3 Å². The molecule has 0 rings (SSSR count). The van der Waals surface area contributed by atoms with Crippen LogP contribution in [0.15, 0.2) is 11.8 Å². The van der Waals surface area contributed by atoms with E-state index in [9.17, 15) is 4.79 Å². The number of aliphatic hydroxyl groups excluding tert-OH is 1. The molecule has 0 unspecified atom stereocenters. The van der Waals surface area contributed by atoms with Gasteiger partial charge in [0.25, 0.3) is 0 Å². The van der Waals surface area contributed by atoms with Crippen molar-refractivity contribution in [2.24, 2.45) is 0 Å². The van der Waals surface area contributed by atoms with E-state index in [1.807, 2.05) is 0 Å². The second kappa shape index (κ2) is 4.88.